The van der Waals surface area contributed by atoms with Gasteiger partial charge in [0.25, 0.3) is 0 Å². The number of ether oxygens (including phenoxy) is 2. The highest BCUT2D eigenvalue weighted by Crippen LogP contribution is 2.56. The van der Waals surface area contributed by atoms with Gasteiger partial charge in [-0.05, 0) is 0 Å². The third-order valence-electron chi connectivity index (χ3n) is 2.22. The molecule has 2 aliphatic rings. The fourth-order valence-electron chi connectivity index (χ4n) is 1.36. The van der Waals surface area contributed by atoms with E-state index in [0.29, 0.717) is 0 Å². The van der Waals surface area contributed by atoms with Gasteiger partial charge in [0.1, 0.15) is 0 Å². The highest BCUT2D eigenvalue weighted by molar-refractivity contribution is 5.08. The van der Waals surface area contributed by atoms with Crippen molar-refractivity contribution in [2.75, 3.05) is 6.61 Å². The normalized spacial score (nSPS) is 42.4. The predicted octanol–water partition coefficient (Wildman–Crippen LogP) is 1.65. The Hall–Kier alpha value is -0.500. The van der Waals surface area contributed by atoms with Crippen molar-refractivity contribution in [3.63, 3.8) is 0 Å². The van der Waals surface area contributed by atoms with Crippen molar-refractivity contribution in [2.24, 2.45) is 0 Å². The summed E-state index contributed by atoms with van der Waals surface area (Å²) in [6.07, 6.45) is -4.88. The van der Waals surface area contributed by atoms with E-state index in [1.165, 1.54) is 0 Å². The maximum absolute atomic E-state index is 12.7. The number of hydrogen-bond donors (Lipinski definition) is 0. The summed E-state index contributed by atoms with van der Waals surface area (Å²) in [5.74, 6) is -15.4. The van der Waals surface area contributed by atoms with E-state index in [2.05, 4.69) is 9.47 Å². The van der Waals surface area contributed by atoms with Gasteiger partial charge in [-0.3, -0.25) is 0 Å². The van der Waals surface area contributed by atoms with Crippen molar-refractivity contribution in [1.82, 2.24) is 0 Å². The van der Waals surface area contributed by atoms with E-state index in [9.17, 15) is 26.3 Å². The third-order valence-corrected chi connectivity index (χ3v) is 2.22. The van der Waals surface area contributed by atoms with Gasteiger partial charge in [-0.2, -0.15) is 26.3 Å². The monoisotopic (exact) mass is 222 g/mol. The summed E-state index contributed by atoms with van der Waals surface area (Å²) in [4.78, 5) is 0. The smallest absolute Gasteiger partial charge is 0.344 e. The van der Waals surface area contributed by atoms with Gasteiger partial charge in [0.05, 0.1) is 6.61 Å². The molecular formula is C6H4F6O2. The SMILES string of the molecule is FC1(F)C2COC(O2)C(F)(F)C1(F)F. The zero-order chi connectivity index (χ0) is 10.8. The van der Waals surface area contributed by atoms with Gasteiger partial charge in [-0.15, -0.1) is 0 Å². The van der Waals surface area contributed by atoms with Crippen LogP contribution in [0.15, 0.2) is 0 Å². The van der Waals surface area contributed by atoms with Crippen molar-refractivity contribution in [3.8, 4) is 0 Å². The summed E-state index contributed by atoms with van der Waals surface area (Å²) in [6, 6.07) is 0. The minimum atomic E-state index is -5.44. The molecule has 0 aromatic rings. The average Bonchev–Trinajstić information content (AvgIpc) is 2.48. The van der Waals surface area contributed by atoms with Crippen molar-refractivity contribution in [2.45, 2.75) is 30.2 Å². The molecular weight excluding hydrogens is 218 g/mol. The van der Waals surface area contributed by atoms with Crippen molar-refractivity contribution in [1.29, 1.82) is 0 Å². The standard InChI is InChI=1S/C6H4F6O2/c7-4(8)2-1-13-3(14-2)5(9,10)6(4,11)12/h2-3H,1H2. The Kier molecular flexibility index (Phi) is 1.69. The van der Waals surface area contributed by atoms with Crippen molar-refractivity contribution >= 4 is 0 Å². The summed E-state index contributed by atoms with van der Waals surface area (Å²) in [7, 11) is 0. The van der Waals surface area contributed by atoms with E-state index in [0.717, 1.165) is 0 Å². The Morgan fingerprint density at radius 1 is 0.929 bits per heavy atom. The van der Waals surface area contributed by atoms with Crippen molar-refractivity contribution < 1.29 is 35.8 Å². The van der Waals surface area contributed by atoms with Gasteiger partial charge < -0.3 is 9.47 Å². The lowest BCUT2D eigenvalue weighted by Gasteiger charge is -2.39. The molecule has 2 atom stereocenters. The van der Waals surface area contributed by atoms with E-state index < -0.39 is 36.8 Å². The predicted molar refractivity (Wildman–Crippen MR) is 29.5 cm³/mol. The fourth-order valence-corrected chi connectivity index (χ4v) is 1.36. The zero-order valence-electron chi connectivity index (χ0n) is 6.45. The Bertz CT molecular complexity index is 241. The lowest BCUT2D eigenvalue weighted by molar-refractivity contribution is -0.403. The molecule has 2 unspecified atom stereocenters. The molecule has 2 bridgehead atoms. The van der Waals surface area contributed by atoms with Crippen LogP contribution in [0.3, 0.4) is 0 Å². The first-order valence-corrected chi connectivity index (χ1v) is 3.62. The Balaban J connectivity index is 2.48. The van der Waals surface area contributed by atoms with E-state index in [4.69, 9.17) is 0 Å². The van der Waals surface area contributed by atoms with Crippen LogP contribution < -0.4 is 0 Å². The first kappa shape index (κ1) is 10.0. The van der Waals surface area contributed by atoms with Crippen LogP contribution in [0.5, 0.6) is 0 Å². The number of alkyl halides is 6. The number of hydrogen-bond acceptors (Lipinski definition) is 2. The van der Waals surface area contributed by atoms with Crippen LogP contribution in [0.25, 0.3) is 0 Å². The minimum Gasteiger partial charge on any atom is -0.344 e. The molecule has 0 aromatic heterocycles. The van der Waals surface area contributed by atoms with Gasteiger partial charge in [-0.25, -0.2) is 0 Å². The summed E-state index contributed by atoms with van der Waals surface area (Å²) in [5, 5.41) is 0. The molecule has 0 amide bonds. The van der Waals surface area contributed by atoms with Crippen LogP contribution >= 0.6 is 0 Å². The minimum absolute atomic E-state index is 0.956. The van der Waals surface area contributed by atoms with E-state index in [1.54, 1.807) is 0 Å². The molecule has 82 valence electrons. The highest BCUT2D eigenvalue weighted by Gasteiger charge is 2.83. The molecule has 8 heteroatoms. The summed E-state index contributed by atoms with van der Waals surface area (Å²) >= 11 is 0. The lowest BCUT2D eigenvalue weighted by atomic mass is 9.98. The molecule has 0 N–H and O–H groups in total. The summed E-state index contributed by atoms with van der Waals surface area (Å²) < 4.78 is 84.1. The fraction of sp³-hybridized carbons (Fsp3) is 1.00. The quantitative estimate of drug-likeness (QED) is 0.580. The maximum Gasteiger partial charge on any atom is 0.379 e. The Morgan fingerprint density at radius 2 is 1.50 bits per heavy atom. The maximum atomic E-state index is 12.7. The van der Waals surface area contributed by atoms with Gasteiger partial charge in [0, 0.05) is 0 Å². The van der Waals surface area contributed by atoms with Crippen LogP contribution in [-0.4, -0.2) is 36.8 Å². The van der Waals surface area contributed by atoms with Crippen LogP contribution in [0, 0.1) is 0 Å². The largest absolute Gasteiger partial charge is 0.379 e. The number of fused-ring (bicyclic) bond motifs is 2. The molecule has 0 radical (unpaired) electrons. The number of halogens is 6. The molecule has 0 aliphatic carbocycles. The lowest BCUT2D eigenvalue weighted by Crippen LogP contribution is -2.66. The molecule has 2 aliphatic heterocycles. The van der Waals surface area contributed by atoms with Gasteiger partial charge in [-0.1, -0.05) is 0 Å². The first-order chi connectivity index (χ1) is 6.21. The first-order valence-electron chi connectivity index (χ1n) is 3.62. The molecule has 0 aromatic carbocycles. The van der Waals surface area contributed by atoms with Crippen LogP contribution in [0.4, 0.5) is 26.3 Å². The molecule has 2 heterocycles. The van der Waals surface area contributed by atoms with Crippen LogP contribution in [-0.2, 0) is 9.47 Å². The average molecular weight is 222 g/mol. The third kappa shape index (κ3) is 0.855. The molecule has 2 saturated heterocycles. The zero-order valence-corrected chi connectivity index (χ0v) is 6.45. The van der Waals surface area contributed by atoms with Gasteiger partial charge >= 0.3 is 17.8 Å². The second-order valence-electron chi connectivity index (χ2n) is 3.11. The van der Waals surface area contributed by atoms with E-state index in [-0.39, 0.29) is 0 Å². The summed E-state index contributed by atoms with van der Waals surface area (Å²) in [6.45, 7) is -0.956. The van der Waals surface area contributed by atoms with Crippen LogP contribution in [0.2, 0.25) is 0 Å². The molecule has 0 saturated carbocycles. The van der Waals surface area contributed by atoms with Gasteiger partial charge in [0.15, 0.2) is 6.10 Å². The second kappa shape index (κ2) is 2.35. The van der Waals surface area contributed by atoms with Crippen molar-refractivity contribution in [3.05, 3.63) is 0 Å². The molecule has 14 heavy (non-hydrogen) atoms. The Labute approximate surface area is 73.8 Å². The summed E-state index contributed by atoms with van der Waals surface area (Å²) in [5.41, 5.74) is 0. The molecule has 2 rings (SSSR count). The van der Waals surface area contributed by atoms with E-state index >= 15 is 0 Å². The highest BCUT2D eigenvalue weighted by atomic mass is 19.3. The van der Waals surface area contributed by atoms with E-state index in [1.807, 2.05) is 0 Å². The molecule has 2 fully saturated rings. The van der Waals surface area contributed by atoms with Gasteiger partial charge in [0.2, 0.25) is 6.29 Å². The topological polar surface area (TPSA) is 18.5 Å². The van der Waals surface area contributed by atoms with Crippen LogP contribution in [0.1, 0.15) is 0 Å². The molecule has 2 nitrogen and oxygen atoms in total. The number of rotatable bonds is 0. The molecule has 0 spiro atoms. The Morgan fingerprint density at radius 3 is 2.07 bits per heavy atom. The second-order valence-corrected chi connectivity index (χ2v) is 3.11.